The molecule has 43 heavy (non-hydrogen) atoms. The number of nitrogens with zero attached hydrogens (tertiary/aromatic N) is 3. The molecular weight excluding hydrogens is 604 g/mol. The third kappa shape index (κ3) is 10.6. The molecule has 0 saturated heterocycles. The third-order valence-electron chi connectivity index (χ3n) is 5.03. The molecule has 5 N–H and O–H groups in total. The van der Waals surface area contributed by atoms with Gasteiger partial charge in [-0.1, -0.05) is 47.2 Å². The highest BCUT2D eigenvalue weighted by atomic mass is 32.2. The van der Waals surface area contributed by atoms with Crippen molar-refractivity contribution in [3.63, 3.8) is 0 Å². The number of amides is 5. The molecule has 0 spiro atoms. The fourth-order valence-corrected chi connectivity index (χ4v) is 3.65. The summed E-state index contributed by atoms with van der Waals surface area (Å²) in [4.78, 5) is 73.2. The van der Waals surface area contributed by atoms with E-state index in [1.807, 2.05) is 10.2 Å². The Balaban J connectivity index is 1.62. The van der Waals surface area contributed by atoms with Crippen LogP contribution in [0, 0.1) is 23.3 Å². The van der Waals surface area contributed by atoms with E-state index < -0.39 is 90.2 Å². The van der Waals surface area contributed by atoms with Gasteiger partial charge in [0.05, 0.1) is 25.4 Å². The highest BCUT2D eigenvalue weighted by Crippen LogP contribution is 2.30. The Hall–Kier alpha value is -5.16. The van der Waals surface area contributed by atoms with E-state index in [4.69, 9.17) is 5.53 Å². The fraction of sp³-hybridized carbons (Fsp3) is 0.250. The Morgan fingerprint density at radius 3 is 1.72 bits per heavy atom. The average Bonchev–Trinajstić information content (AvgIpc) is 3.00. The van der Waals surface area contributed by atoms with Crippen LogP contribution in [0.2, 0.25) is 0 Å². The number of carbonyl (C=O) groups excluding carboxylic acids is 6. The first-order valence-electron chi connectivity index (χ1n) is 11.9. The van der Waals surface area contributed by atoms with Crippen molar-refractivity contribution >= 4 is 52.1 Å². The lowest BCUT2D eigenvalue weighted by molar-refractivity contribution is -0.128. The lowest BCUT2D eigenvalue weighted by Crippen LogP contribution is -2.45. The Bertz CT molecular complexity index is 1430. The van der Waals surface area contributed by atoms with E-state index in [2.05, 4.69) is 26.4 Å². The first-order chi connectivity index (χ1) is 20.5. The van der Waals surface area contributed by atoms with E-state index >= 15 is 0 Å². The van der Waals surface area contributed by atoms with Crippen LogP contribution in [0.25, 0.3) is 10.4 Å². The monoisotopic (exact) mass is 626 g/mol. The molecule has 0 aliphatic heterocycles. The van der Waals surface area contributed by atoms with Crippen molar-refractivity contribution in [3.8, 4) is 0 Å². The number of hydrogen-bond donors (Lipinski definition) is 5. The molecule has 0 fully saturated rings. The van der Waals surface area contributed by atoms with Crippen LogP contribution in [0.5, 0.6) is 0 Å². The zero-order valence-corrected chi connectivity index (χ0v) is 22.7. The SMILES string of the molecule is [N-]=[N+]=Nc1c(F)c(F)c(C(=O)NCCNC(=O)CNC(=O)CNC(=O)CNC(=O)CSC(=O)c2ccccc2)c(F)c1F. The van der Waals surface area contributed by atoms with Crippen molar-refractivity contribution < 1.29 is 46.3 Å². The van der Waals surface area contributed by atoms with Crippen LogP contribution >= 0.6 is 11.8 Å². The van der Waals surface area contributed by atoms with Gasteiger partial charge in [-0.15, -0.1) is 0 Å². The van der Waals surface area contributed by atoms with Gasteiger partial charge in [-0.2, -0.15) is 0 Å². The zero-order valence-electron chi connectivity index (χ0n) is 21.8. The Morgan fingerprint density at radius 2 is 1.19 bits per heavy atom. The molecule has 0 atom stereocenters. The number of nitrogens with one attached hydrogen (secondary N) is 5. The summed E-state index contributed by atoms with van der Waals surface area (Å²) in [5.41, 5.74) is 5.45. The number of azide groups is 1. The van der Waals surface area contributed by atoms with Crippen molar-refractivity contribution in [3.05, 3.63) is 75.2 Å². The second-order valence-electron chi connectivity index (χ2n) is 8.05. The molecule has 0 radical (unpaired) electrons. The smallest absolute Gasteiger partial charge is 0.257 e. The van der Waals surface area contributed by atoms with Crippen LogP contribution in [0.4, 0.5) is 23.2 Å². The van der Waals surface area contributed by atoms with Gasteiger partial charge < -0.3 is 26.6 Å². The normalized spacial score (nSPS) is 10.1. The van der Waals surface area contributed by atoms with E-state index in [0.717, 1.165) is 11.8 Å². The standard InChI is InChI=1S/C24H22F4N8O6S/c25-18-17(19(26)21(28)22(20(18)27)35-36-29)23(41)31-7-6-30-13(37)8-32-14(38)9-33-15(39)10-34-16(40)11-43-24(42)12-4-2-1-3-5-12/h1-5H,6-11H2,(H,30,37)(H,31,41)(H,32,38)(H,33,39)(H,34,40). The summed E-state index contributed by atoms with van der Waals surface area (Å²) >= 11 is 0.752. The second-order valence-corrected chi connectivity index (χ2v) is 9.00. The minimum Gasteiger partial charge on any atom is -0.353 e. The Kier molecular flexibility index (Phi) is 13.4. The Labute approximate surface area is 244 Å². The van der Waals surface area contributed by atoms with Gasteiger partial charge in [0.1, 0.15) is 11.3 Å². The number of benzene rings is 2. The van der Waals surface area contributed by atoms with Gasteiger partial charge in [0.25, 0.3) is 5.91 Å². The third-order valence-corrected chi connectivity index (χ3v) is 5.93. The van der Waals surface area contributed by atoms with Crippen molar-refractivity contribution in [1.29, 1.82) is 0 Å². The highest BCUT2D eigenvalue weighted by Gasteiger charge is 2.28. The van der Waals surface area contributed by atoms with Gasteiger partial charge in [-0.05, 0) is 5.53 Å². The van der Waals surface area contributed by atoms with Crippen LogP contribution in [0.15, 0.2) is 35.4 Å². The van der Waals surface area contributed by atoms with Crippen LogP contribution in [0.1, 0.15) is 20.7 Å². The van der Waals surface area contributed by atoms with Gasteiger partial charge in [0, 0.05) is 23.6 Å². The van der Waals surface area contributed by atoms with E-state index in [0.29, 0.717) is 5.56 Å². The average molecular weight is 627 g/mol. The Morgan fingerprint density at radius 1 is 0.698 bits per heavy atom. The van der Waals surface area contributed by atoms with Crippen molar-refractivity contribution in [2.24, 2.45) is 5.11 Å². The summed E-state index contributed by atoms with van der Waals surface area (Å²) in [6.07, 6.45) is 0. The van der Waals surface area contributed by atoms with Gasteiger partial charge in [-0.3, -0.25) is 28.8 Å². The molecule has 0 saturated carbocycles. The predicted molar refractivity (Wildman–Crippen MR) is 143 cm³/mol. The number of carbonyl (C=O) groups is 6. The zero-order chi connectivity index (χ0) is 31.9. The molecule has 0 aliphatic rings. The molecular formula is C24H22F4N8O6S. The topological polar surface area (TPSA) is 211 Å². The molecule has 0 heterocycles. The van der Waals surface area contributed by atoms with Gasteiger partial charge in [0.15, 0.2) is 23.3 Å². The van der Waals surface area contributed by atoms with Crippen molar-refractivity contribution in [1.82, 2.24) is 26.6 Å². The van der Waals surface area contributed by atoms with Crippen molar-refractivity contribution in [2.75, 3.05) is 38.5 Å². The highest BCUT2D eigenvalue weighted by molar-refractivity contribution is 8.14. The lowest BCUT2D eigenvalue weighted by atomic mass is 10.1. The minimum absolute atomic E-state index is 0.225. The van der Waals surface area contributed by atoms with Gasteiger partial charge >= 0.3 is 0 Å². The maximum atomic E-state index is 14.0. The molecule has 0 aliphatic carbocycles. The number of rotatable bonds is 14. The van der Waals surface area contributed by atoms with E-state index in [-0.39, 0.29) is 17.4 Å². The number of halogens is 4. The fourth-order valence-electron chi connectivity index (χ4n) is 2.98. The summed E-state index contributed by atoms with van der Waals surface area (Å²) in [6.45, 7) is -2.34. The first kappa shape index (κ1) is 34.0. The minimum atomic E-state index is -2.09. The lowest BCUT2D eigenvalue weighted by Gasteiger charge is -2.11. The summed E-state index contributed by atoms with van der Waals surface area (Å²) in [6, 6.07) is 8.26. The van der Waals surface area contributed by atoms with Crippen LogP contribution in [-0.2, 0) is 19.2 Å². The van der Waals surface area contributed by atoms with Crippen molar-refractivity contribution in [2.45, 2.75) is 0 Å². The van der Waals surface area contributed by atoms with E-state index in [1.54, 1.807) is 30.3 Å². The van der Waals surface area contributed by atoms with E-state index in [9.17, 15) is 46.3 Å². The molecule has 0 aromatic heterocycles. The second kappa shape index (κ2) is 16.9. The molecule has 228 valence electrons. The summed E-state index contributed by atoms with van der Waals surface area (Å²) in [5, 5.41) is 13.0. The maximum absolute atomic E-state index is 14.0. The van der Waals surface area contributed by atoms with Crippen LogP contribution in [0.3, 0.4) is 0 Å². The van der Waals surface area contributed by atoms with E-state index in [1.165, 1.54) is 0 Å². The molecule has 5 amide bonds. The molecule has 0 bridgehead atoms. The van der Waals surface area contributed by atoms with Gasteiger partial charge in [0.2, 0.25) is 28.7 Å². The predicted octanol–water partition coefficient (Wildman–Crippen LogP) is 0.953. The molecule has 2 aromatic carbocycles. The molecule has 2 rings (SSSR count). The number of thioether (sulfide) groups is 1. The summed E-state index contributed by atoms with van der Waals surface area (Å²) in [5.74, 6) is -12.9. The molecule has 14 nitrogen and oxygen atoms in total. The van der Waals surface area contributed by atoms with Gasteiger partial charge in [-0.25, -0.2) is 17.6 Å². The summed E-state index contributed by atoms with van der Waals surface area (Å²) < 4.78 is 55.6. The van der Waals surface area contributed by atoms with Crippen LogP contribution < -0.4 is 26.6 Å². The quantitative estimate of drug-likeness (QED) is 0.0511. The summed E-state index contributed by atoms with van der Waals surface area (Å²) in [7, 11) is 0. The largest absolute Gasteiger partial charge is 0.353 e. The maximum Gasteiger partial charge on any atom is 0.257 e. The van der Waals surface area contributed by atoms with Crippen LogP contribution in [-0.4, -0.2) is 73.1 Å². The molecule has 2 aromatic rings. The first-order valence-corrected chi connectivity index (χ1v) is 12.9. The molecule has 0 unspecified atom stereocenters. The number of hydrogen-bond acceptors (Lipinski definition) is 8. The molecule has 19 heteroatoms.